The molecular weight excluding hydrogens is 250 g/mol. The quantitative estimate of drug-likeness (QED) is 0.606. The Morgan fingerprint density at radius 2 is 1.89 bits per heavy atom. The van der Waals surface area contributed by atoms with Gasteiger partial charge in [0.2, 0.25) is 0 Å². The summed E-state index contributed by atoms with van der Waals surface area (Å²) in [6.45, 7) is 6.61. The van der Waals surface area contributed by atoms with Crippen LogP contribution in [0.4, 0.5) is 0 Å². The number of hydrogen-bond acceptors (Lipinski definition) is 2. The molecule has 0 aliphatic rings. The number of thiophene rings is 1. The zero-order valence-electron chi connectivity index (χ0n) is 11.5. The highest BCUT2D eigenvalue weighted by Crippen LogP contribution is 2.27. The first kappa shape index (κ1) is 12.4. The van der Waals surface area contributed by atoms with Crippen molar-refractivity contribution in [2.75, 3.05) is 0 Å². The molecule has 0 bridgehead atoms. The third-order valence-corrected chi connectivity index (χ3v) is 4.24. The zero-order chi connectivity index (χ0) is 13.4. The van der Waals surface area contributed by atoms with Crippen molar-refractivity contribution >= 4 is 21.6 Å². The van der Waals surface area contributed by atoms with Crippen LogP contribution in [0, 0.1) is 6.92 Å². The monoisotopic (exact) mass is 267 g/mol. The molecule has 1 nitrogen and oxygen atoms in total. The molecule has 0 saturated heterocycles. The van der Waals surface area contributed by atoms with Gasteiger partial charge in [0.05, 0.1) is 15.9 Å². The number of aryl methyl sites for hydroxylation is 1. The van der Waals surface area contributed by atoms with Crippen LogP contribution < -0.4 is 0 Å². The lowest BCUT2D eigenvalue weighted by molar-refractivity contribution is 0.865. The Bertz CT molecular complexity index is 725. The molecule has 3 rings (SSSR count). The highest BCUT2D eigenvalue weighted by Gasteiger charge is 2.06. The van der Waals surface area contributed by atoms with Gasteiger partial charge < -0.3 is 0 Å². The Balaban J connectivity index is 2.14. The number of pyridine rings is 1. The van der Waals surface area contributed by atoms with E-state index in [-0.39, 0.29) is 0 Å². The molecule has 0 N–H and O–H groups in total. The van der Waals surface area contributed by atoms with Crippen molar-refractivity contribution in [3.63, 3.8) is 0 Å². The van der Waals surface area contributed by atoms with Crippen molar-refractivity contribution in [3.8, 4) is 11.3 Å². The summed E-state index contributed by atoms with van der Waals surface area (Å²) in [5.41, 5.74) is 6.05. The second kappa shape index (κ2) is 4.78. The topological polar surface area (TPSA) is 12.9 Å². The molecule has 0 radical (unpaired) electrons. The summed E-state index contributed by atoms with van der Waals surface area (Å²) in [5.74, 6) is 0.545. The fourth-order valence-corrected chi connectivity index (χ4v) is 3.03. The molecule has 0 amide bonds. The molecule has 3 aromatic rings. The second-order valence-electron chi connectivity index (χ2n) is 5.29. The van der Waals surface area contributed by atoms with Crippen LogP contribution in [0.3, 0.4) is 0 Å². The predicted octanol–water partition coefficient (Wildman–Crippen LogP) is 5.40. The minimum absolute atomic E-state index is 0.545. The molecule has 0 aliphatic carbocycles. The van der Waals surface area contributed by atoms with Gasteiger partial charge in [-0.1, -0.05) is 25.5 Å². The first-order valence-corrected chi connectivity index (χ1v) is 7.47. The van der Waals surface area contributed by atoms with Crippen molar-refractivity contribution in [2.24, 2.45) is 0 Å². The Morgan fingerprint density at radius 3 is 2.68 bits per heavy atom. The van der Waals surface area contributed by atoms with Crippen molar-refractivity contribution in [1.82, 2.24) is 4.98 Å². The highest BCUT2D eigenvalue weighted by molar-refractivity contribution is 7.17. The van der Waals surface area contributed by atoms with Crippen LogP contribution in [-0.4, -0.2) is 4.98 Å². The van der Waals surface area contributed by atoms with Gasteiger partial charge in [-0.3, -0.25) is 0 Å². The molecule has 0 fully saturated rings. The molecule has 2 aromatic heterocycles. The van der Waals surface area contributed by atoms with Gasteiger partial charge in [-0.15, -0.1) is 11.3 Å². The van der Waals surface area contributed by atoms with Crippen LogP contribution in [0.2, 0.25) is 0 Å². The highest BCUT2D eigenvalue weighted by atomic mass is 32.1. The van der Waals surface area contributed by atoms with Gasteiger partial charge in [0.15, 0.2) is 0 Å². The van der Waals surface area contributed by atoms with Crippen LogP contribution in [0.1, 0.15) is 30.9 Å². The van der Waals surface area contributed by atoms with Crippen molar-refractivity contribution in [3.05, 3.63) is 52.9 Å². The van der Waals surface area contributed by atoms with Crippen LogP contribution in [0.15, 0.2) is 41.8 Å². The molecule has 2 heterocycles. The average molecular weight is 267 g/mol. The largest absolute Gasteiger partial charge is 0.247 e. The van der Waals surface area contributed by atoms with E-state index in [9.17, 15) is 0 Å². The third-order valence-electron chi connectivity index (χ3n) is 3.37. The minimum Gasteiger partial charge on any atom is -0.247 e. The number of nitrogens with zero attached hydrogens (tertiary/aromatic N) is 1. The van der Waals surface area contributed by atoms with Crippen LogP contribution in [0.5, 0.6) is 0 Å². The summed E-state index contributed by atoms with van der Waals surface area (Å²) in [6, 6.07) is 13.1. The molecule has 2 heteroatoms. The summed E-state index contributed by atoms with van der Waals surface area (Å²) in [4.78, 5) is 4.76. The van der Waals surface area contributed by atoms with E-state index in [0.717, 1.165) is 11.2 Å². The Kier molecular flexibility index (Phi) is 3.11. The number of benzene rings is 1. The van der Waals surface area contributed by atoms with Gasteiger partial charge >= 0.3 is 0 Å². The molecule has 0 unspecified atom stereocenters. The van der Waals surface area contributed by atoms with E-state index in [2.05, 4.69) is 62.5 Å². The Hall–Kier alpha value is -1.67. The lowest BCUT2D eigenvalue weighted by atomic mass is 9.97. The van der Waals surface area contributed by atoms with Gasteiger partial charge in [-0.25, -0.2) is 4.98 Å². The van der Waals surface area contributed by atoms with E-state index in [1.165, 1.54) is 21.4 Å². The van der Waals surface area contributed by atoms with Gasteiger partial charge in [-0.2, -0.15) is 0 Å². The zero-order valence-corrected chi connectivity index (χ0v) is 12.3. The van der Waals surface area contributed by atoms with Crippen LogP contribution in [0.25, 0.3) is 21.5 Å². The maximum Gasteiger partial charge on any atom is 0.0817 e. The molecule has 0 spiro atoms. The maximum absolute atomic E-state index is 4.76. The molecule has 0 saturated carbocycles. The first-order valence-electron chi connectivity index (χ1n) is 6.60. The smallest absolute Gasteiger partial charge is 0.0817 e. The molecule has 0 aliphatic heterocycles. The molecule has 19 heavy (non-hydrogen) atoms. The van der Waals surface area contributed by atoms with E-state index in [0.29, 0.717) is 5.92 Å². The standard InChI is InChI=1S/C17H17NS/c1-11(2)13-8-12(3)9-14(10-13)15-4-5-17-16(18-15)6-7-19-17/h4-11H,1-3H3. The first-order chi connectivity index (χ1) is 9.13. The number of hydrogen-bond donors (Lipinski definition) is 0. The van der Waals surface area contributed by atoms with E-state index >= 15 is 0 Å². The van der Waals surface area contributed by atoms with Crippen LogP contribution >= 0.6 is 11.3 Å². The van der Waals surface area contributed by atoms with Gasteiger partial charge in [-0.05, 0) is 54.1 Å². The lowest BCUT2D eigenvalue weighted by Gasteiger charge is -2.10. The fourth-order valence-electron chi connectivity index (χ4n) is 2.31. The summed E-state index contributed by atoms with van der Waals surface area (Å²) >= 11 is 1.74. The molecule has 0 atom stereocenters. The summed E-state index contributed by atoms with van der Waals surface area (Å²) in [6.07, 6.45) is 0. The second-order valence-corrected chi connectivity index (χ2v) is 6.24. The summed E-state index contributed by atoms with van der Waals surface area (Å²) in [5, 5.41) is 2.09. The van der Waals surface area contributed by atoms with E-state index in [1.807, 2.05) is 0 Å². The number of fused-ring (bicyclic) bond motifs is 1. The van der Waals surface area contributed by atoms with Gasteiger partial charge in [0.25, 0.3) is 0 Å². The van der Waals surface area contributed by atoms with Gasteiger partial charge in [0, 0.05) is 5.56 Å². The van der Waals surface area contributed by atoms with E-state index in [1.54, 1.807) is 11.3 Å². The number of rotatable bonds is 2. The lowest BCUT2D eigenvalue weighted by Crippen LogP contribution is -1.91. The fraction of sp³-hybridized carbons (Fsp3) is 0.235. The minimum atomic E-state index is 0.545. The third kappa shape index (κ3) is 2.41. The van der Waals surface area contributed by atoms with Gasteiger partial charge in [0.1, 0.15) is 0 Å². The van der Waals surface area contributed by atoms with Crippen molar-refractivity contribution in [1.29, 1.82) is 0 Å². The average Bonchev–Trinajstić information content (AvgIpc) is 2.85. The SMILES string of the molecule is Cc1cc(-c2ccc3sccc3n2)cc(C(C)C)c1. The van der Waals surface area contributed by atoms with E-state index < -0.39 is 0 Å². The van der Waals surface area contributed by atoms with E-state index in [4.69, 9.17) is 4.98 Å². The van der Waals surface area contributed by atoms with Crippen molar-refractivity contribution in [2.45, 2.75) is 26.7 Å². The molecule has 1 aromatic carbocycles. The summed E-state index contributed by atoms with van der Waals surface area (Å²) in [7, 11) is 0. The normalized spacial score (nSPS) is 11.4. The summed E-state index contributed by atoms with van der Waals surface area (Å²) < 4.78 is 1.25. The Labute approximate surface area is 117 Å². The van der Waals surface area contributed by atoms with Crippen LogP contribution in [-0.2, 0) is 0 Å². The Morgan fingerprint density at radius 1 is 1.05 bits per heavy atom. The van der Waals surface area contributed by atoms with Crippen molar-refractivity contribution < 1.29 is 0 Å². The molecule has 96 valence electrons. The number of aromatic nitrogens is 1. The maximum atomic E-state index is 4.76. The molecular formula is C17H17NS. The predicted molar refractivity (Wildman–Crippen MR) is 83.9 cm³/mol.